The summed E-state index contributed by atoms with van der Waals surface area (Å²) in [6.07, 6.45) is 1.09. The second kappa shape index (κ2) is 5.22. The molecule has 0 unspecified atom stereocenters. The van der Waals surface area contributed by atoms with Gasteiger partial charge in [-0.25, -0.2) is 9.37 Å². The van der Waals surface area contributed by atoms with Gasteiger partial charge in [0.1, 0.15) is 11.6 Å². The van der Waals surface area contributed by atoms with Gasteiger partial charge in [-0.1, -0.05) is 18.2 Å². The molecular formula is C12H10FN3O2. The minimum atomic E-state index is -0.435. The van der Waals surface area contributed by atoms with Crippen LogP contribution in [0.2, 0.25) is 0 Å². The molecule has 18 heavy (non-hydrogen) atoms. The summed E-state index contributed by atoms with van der Waals surface area (Å²) < 4.78 is 12.6. The van der Waals surface area contributed by atoms with Gasteiger partial charge in [-0.2, -0.15) is 0 Å². The predicted molar refractivity (Wildman–Crippen MR) is 64.6 cm³/mol. The highest BCUT2D eigenvalue weighted by Crippen LogP contribution is 2.18. The maximum atomic E-state index is 12.6. The van der Waals surface area contributed by atoms with E-state index in [1.807, 2.05) is 0 Å². The molecule has 1 heterocycles. The standard InChI is InChI=1S/C12H10FN3O2/c13-10-5-6-12(15-8-10)14-7-9-3-1-2-4-11(9)16(17)18/h1-6,8H,7H2,(H,14,15). The van der Waals surface area contributed by atoms with Crippen molar-refractivity contribution in [2.75, 3.05) is 5.32 Å². The third-order valence-corrected chi connectivity index (χ3v) is 2.38. The lowest BCUT2D eigenvalue weighted by Crippen LogP contribution is -2.04. The first kappa shape index (κ1) is 12.0. The molecule has 6 heteroatoms. The van der Waals surface area contributed by atoms with Gasteiger partial charge in [0.2, 0.25) is 0 Å². The molecule has 0 saturated carbocycles. The number of nitrogens with zero attached hydrogens (tertiary/aromatic N) is 2. The third-order valence-electron chi connectivity index (χ3n) is 2.38. The Hall–Kier alpha value is -2.50. The normalized spacial score (nSPS) is 10.1. The van der Waals surface area contributed by atoms with E-state index in [0.29, 0.717) is 11.4 Å². The summed E-state index contributed by atoms with van der Waals surface area (Å²) in [6, 6.07) is 9.18. The van der Waals surface area contributed by atoms with Crippen LogP contribution in [0.5, 0.6) is 0 Å². The number of rotatable bonds is 4. The van der Waals surface area contributed by atoms with Crippen LogP contribution in [-0.2, 0) is 6.54 Å². The minimum Gasteiger partial charge on any atom is -0.366 e. The van der Waals surface area contributed by atoms with E-state index in [1.165, 1.54) is 18.2 Å². The smallest absolute Gasteiger partial charge is 0.274 e. The van der Waals surface area contributed by atoms with Gasteiger partial charge in [0, 0.05) is 18.2 Å². The molecule has 0 amide bonds. The van der Waals surface area contributed by atoms with Crippen LogP contribution >= 0.6 is 0 Å². The van der Waals surface area contributed by atoms with E-state index in [0.717, 1.165) is 6.20 Å². The second-order valence-electron chi connectivity index (χ2n) is 3.60. The number of nitro benzene ring substituents is 1. The lowest BCUT2D eigenvalue weighted by atomic mass is 10.2. The van der Waals surface area contributed by atoms with E-state index in [9.17, 15) is 14.5 Å². The van der Waals surface area contributed by atoms with Crippen molar-refractivity contribution in [2.24, 2.45) is 0 Å². The van der Waals surface area contributed by atoms with Crippen molar-refractivity contribution in [3.8, 4) is 0 Å². The van der Waals surface area contributed by atoms with Crippen molar-refractivity contribution >= 4 is 11.5 Å². The summed E-state index contributed by atoms with van der Waals surface area (Å²) >= 11 is 0. The molecule has 0 bridgehead atoms. The molecule has 0 spiro atoms. The van der Waals surface area contributed by atoms with Crippen molar-refractivity contribution in [1.82, 2.24) is 4.98 Å². The topological polar surface area (TPSA) is 68.1 Å². The van der Waals surface area contributed by atoms with Crippen LogP contribution in [0.3, 0.4) is 0 Å². The van der Waals surface area contributed by atoms with Crippen LogP contribution in [0, 0.1) is 15.9 Å². The van der Waals surface area contributed by atoms with Gasteiger partial charge in [-0.3, -0.25) is 10.1 Å². The van der Waals surface area contributed by atoms with Crippen molar-refractivity contribution in [1.29, 1.82) is 0 Å². The SMILES string of the molecule is O=[N+]([O-])c1ccccc1CNc1ccc(F)cn1. The fourth-order valence-corrected chi connectivity index (χ4v) is 1.50. The number of aromatic nitrogens is 1. The van der Waals surface area contributed by atoms with Crippen molar-refractivity contribution in [3.05, 3.63) is 64.1 Å². The Balaban J connectivity index is 2.10. The fraction of sp³-hybridized carbons (Fsp3) is 0.0833. The summed E-state index contributed by atoms with van der Waals surface area (Å²) in [7, 11) is 0. The van der Waals surface area contributed by atoms with Crippen LogP contribution in [0.4, 0.5) is 15.9 Å². The van der Waals surface area contributed by atoms with E-state index < -0.39 is 10.7 Å². The molecule has 0 radical (unpaired) electrons. The maximum Gasteiger partial charge on any atom is 0.274 e. The molecule has 0 atom stereocenters. The predicted octanol–water partition coefficient (Wildman–Crippen LogP) is 2.74. The Morgan fingerprint density at radius 3 is 2.72 bits per heavy atom. The lowest BCUT2D eigenvalue weighted by molar-refractivity contribution is -0.385. The molecule has 2 rings (SSSR count). The molecule has 92 valence electrons. The zero-order chi connectivity index (χ0) is 13.0. The zero-order valence-corrected chi connectivity index (χ0v) is 9.34. The highest BCUT2D eigenvalue weighted by molar-refractivity contribution is 5.43. The molecule has 0 aliphatic carbocycles. The fourth-order valence-electron chi connectivity index (χ4n) is 1.50. The summed E-state index contributed by atoms with van der Waals surface area (Å²) in [4.78, 5) is 14.2. The van der Waals surface area contributed by atoms with E-state index in [2.05, 4.69) is 10.3 Å². The molecule has 0 aliphatic heterocycles. The molecule has 0 saturated heterocycles. The van der Waals surface area contributed by atoms with Crippen LogP contribution in [0.25, 0.3) is 0 Å². The number of halogens is 1. The number of hydrogen-bond acceptors (Lipinski definition) is 4. The Labute approximate surface area is 102 Å². The first-order valence-corrected chi connectivity index (χ1v) is 5.24. The molecule has 0 aliphatic rings. The van der Waals surface area contributed by atoms with Crippen LogP contribution in [0.15, 0.2) is 42.6 Å². The average molecular weight is 247 g/mol. The Kier molecular flexibility index (Phi) is 3.47. The second-order valence-corrected chi connectivity index (χ2v) is 3.60. The van der Waals surface area contributed by atoms with Gasteiger partial charge in [0.25, 0.3) is 5.69 Å². The van der Waals surface area contributed by atoms with Gasteiger partial charge in [0.15, 0.2) is 0 Å². The average Bonchev–Trinajstić information content (AvgIpc) is 2.38. The highest BCUT2D eigenvalue weighted by atomic mass is 19.1. The summed E-state index contributed by atoms with van der Waals surface area (Å²) in [5.74, 6) is 0.0424. The Morgan fingerprint density at radius 2 is 2.06 bits per heavy atom. The number of nitro groups is 1. The van der Waals surface area contributed by atoms with E-state index in [4.69, 9.17) is 0 Å². The van der Waals surface area contributed by atoms with Crippen molar-refractivity contribution in [3.63, 3.8) is 0 Å². The van der Waals surface area contributed by atoms with Gasteiger partial charge in [-0.15, -0.1) is 0 Å². The first-order chi connectivity index (χ1) is 8.66. The van der Waals surface area contributed by atoms with E-state index in [-0.39, 0.29) is 12.2 Å². The van der Waals surface area contributed by atoms with Crippen LogP contribution < -0.4 is 5.32 Å². The number of hydrogen-bond donors (Lipinski definition) is 1. The van der Waals surface area contributed by atoms with Gasteiger partial charge in [0.05, 0.1) is 11.1 Å². The van der Waals surface area contributed by atoms with Crippen LogP contribution in [-0.4, -0.2) is 9.91 Å². The lowest BCUT2D eigenvalue weighted by Gasteiger charge is -2.05. The van der Waals surface area contributed by atoms with Gasteiger partial charge in [-0.05, 0) is 12.1 Å². The number of para-hydroxylation sites is 1. The monoisotopic (exact) mass is 247 g/mol. The van der Waals surface area contributed by atoms with Gasteiger partial charge < -0.3 is 5.32 Å². The molecule has 1 aromatic heterocycles. The van der Waals surface area contributed by atoms with Crippen molar-refractivity contribution < 1.29 is 9.31 Å². The molecule has 1 N–H and O–H groups in total. The van der Waals surface area contributed by atoms with E-state index >= 15 is 0 Å². The summed E-state index contributed by atoms with van der Waals surface area (Å²) in [5.41, 5.74) is 0.598. The molecule has 1 aromatic carbocycles. The number of nitrogens with one attached hydrogen (secondary N) is 1. The largest absolute Gasteiger partial charge is 0.366 e. The van der Waals surface area contributed by atoms with Gasteiger partial charge >= 0.3 is 0 Å². The molecular weight excluding hydrogens is 237 g/mol. The minimum absolute atomic E-state index is 0.0483. The highest BCUT2D eigenvalue weighted by Gasteiger charge is 2.11. The number of benzene rings is 1. The van der Waals surface area contributed by atoms with Crippen LogP contribution in [0.1, 0.15) is 5.56 Å². The number of anilines is 1. The zero-order valence-electron chi connectivity index (χ0n) is 9.34. The molecule has 5 nitrogen and oxygen atoms in total. The summed E-state index contributed by atoms with van der Waals surface area (Å²) in [5, 5.41) is 13.7. The third kappa shape index (κ3) is 2.79. The van der Waals surface area contributed by atoms with E-state index in [1.54, 1.807) is 18.2 Å². The Morgan fingerprint density at radius 1 is 1.28 bits per heavy atom. The first-order valence-electron chi connectivity index (χ1n) is 5.24. The molecule has 0 fully saturated rings. The summed E-state index contributed by atoms with van der Waals surface area (Å²) in [6.45, 7) is 0.260. The quantitative estimate of drug-likeness (QED) is 0.666. The maximum absolute atomic E-state index is 12.6. The number of pyridine rings is 1. The Bertz CT molecular complexity index is 558. The molecule has 2 aromatic rings. The van der Waals surface area contributed by atoms with Crippen molar-refractivity contribution in [2.45, 2.75) is 6.54 Å².